The van der Waals surface area contributed by atoms with Crippen LogP contribution >= 0.6 is 11.8 Å². The first kappa shape index (κ1) is 25.8. The van der Waals surface area contributed by atoms with Crippen molar-refractivity contribution in [1.82, 2.24) is 0 Å². The van der Waals surface area contributed by atoms with Gasteiger partial charge in [0.15, 0.2) is 0 Å². The highest BCUT2D eigenvalue weighted by molar-refractivity contribution is 8.15. The fourth-order valence-corrected chi connectivity index (χ4v) is 5.24. The lowest BCUT2D eigenvalue weighted by atomic mass is 9.88. The van der Waals surface area contributed by atoms with Gasteiger partial charge in [-0.3, -0.25) is 4.79 Å². The van der Waals surface area contributed by atoms with E-state index >= 15 is 0 Å². The second-order valence-electron chi connectivity index (χ2n) is 10.3. The first-order chi connectivity index (χ1) is 15.7. The van der Waals surface area contributed by atoms with Gasteiger partial charge in [0.25, 0.3) is 0 Å². The van der Waals surface area contributed by atoms with Crippen molar-refractivity contribution in [3.05, 3.63) is 66.0 Å². The van der Waals surface area contributed by atoms with Crippen LogP contribution in [0.25, 0.3) is 5.57 Å². The van der Waals surface area contributed by atoms with Gasteiger partial charge in [-0.2, -0.15) is 0 Å². The highest BCUT2D eigenvalue weighted by Crippen LogP contribution is 2.39. The van der Waals surface area contributed by atoms with Crippen LogP contribution in [0.1, 0.15) is 64.9 Å². The van der Waals surface area contributed by atoms with E-state index in [2.05, 4.69) is 32.9 Å². The Morgan fingerprint density at radius 1 is 1.00 bits per heavy atom. The van der Waals surface area contributed by atoms with Crippen molar-refractivity contribution in [2.24, 2.45) is 11.3 Å². The summed E-state index contributed by atoms with van der Waals surface area (Å²) in [5, 5.41) is 20.5. The van der Waals surface area contributed by atoms with E-state index < -0.39 is 12.2 Å². The maximum absolute atomic E-state index is 12.6. The second-order valence-corrected chi connectivity index (χ2v) is 11.4. The molecule has 3 rings (SSSR count). The summed E-state index contributed by atoms with van der Waals surface area (Å²) in [7, 11) is 0. The van der Waals surface area contributed by atoms with Crippen LogP contribution in [0.4, 0.5) is 0 Å². The summed E-state index contributed by atoms with van der Waals surface area (Å²) < 4.78 is 5.91. The Morgan fingerprint density at radius 3 is 2.39 bits per heavy atom. The van der Waals surface area contributed by atoms with Gasteiger partial charge in [0.05, 0.1) is 18.8 Å². The van der Waals surface area contributed by atoms with Crippen molar-refractivity contribution in [2.45, 2.75) is 76.8 Å². The molecule has 0 radical (unpaired) electrons. The van der Waals surface area contributed by atoms with E-state index in [-0.39, 0.29) is 21.7 Å². The highest BCUT2D eigenvalue weighted by Gasteiger charge is 2.31. The minimum atomic E-state index is -0.672. The molecule has 1 aromatic rings. The molecule has 1 aromatic carbocycles. The number of carbonyl (C=O) groups is 1. The van der Waals surface area contributed by atoms with Crippen LogP contribution in [-0.4, -0.2) is 39.4 Å². The standard InChI is InChI=1S/C28H38O4S/c1-28(2,3)16-9-13-25(30)24(29)12-7-8-17-32-22-15-14-21-18-23(20-10-5-4-6-11-20)27(31)33-26(21)19-22/h4-6,10-11,14-15,18-19,21,24-26,29-30H,7-9,12-13,16-17H2,1-3H3. The zero-order valence-corrected chi connectivity index (χ0v) is 20.9. The van der Waals surface area contributed by atoms with Crippen LogP contribution in [-0.2, 0) is 9.53 Å². The summed E-state index contributed by atoms with van der Waals surface area (Å²) >= 11 is 1.36. The average Bonchev–Trinajstić information content (AvgIpc) is 2.77. The fraction of sp³-hybridized carbons (Fsp3) is 0.536. The molecule has 1 heterocycles. The molecule has 180 valence electrons. The first-order valence-electron chi connectivity index (χ1n) is 12.1. The third kappa shape index (κ3) is 8.16. The molecule has 5 heteroatoms. The Hall–Kier alpha value is -1.82. The molecule has 0 amide bonds. The zero-order chi connectivity index (χ0) is 23.8. The topological polar surface area (TPSA) is 66.8 Å². The van der Waals surface area contributed by atoms with E-state index in [1.54, 1.807) is 0 Å². The van der Waals surface area contributed by atoms with E-state index in [4.69, 9.17) is 4.74 Å². The molecule has 0 spiro atoms. The van der Waals surface area contributed by atoms with Crippen LogP contribution in [0.15, 0.2) is 60.4 Å². The van der Waals surface area contributed by atoms with Gasteiger partial charge < -0.3 is 14.9 Å². The van der Waals surface area contributed by atoms with Crippen molar-refractivity contribution in [3.63, 3.8) is 0 Å². The Kier molecular flexibility index (Phi) is 9.42. The van der Waals surface area contributed by atoms with Crippen LogP contribution in [0.2, 0.25) is 0 Å². The second kappa shape index (κ2) is 12.0. The largest absolute Gasteiger partial charge is 0.494 e. The Balaban J connectivity index is 1.38. The summed E-state index contributed by atoms with van der Waals surface area (Å²) in [6.45, 7) is 7.13. The monoisotopic (exact) mass is 470 g/mol. The summed E-state index contributed by atoms with van der Waals surface area (Å²) in [6.07, 6.45) is 11.7. The van der Waals surface area contributed by atoms with Crippen LogP contribution in [0, 0.1) is 11.3 Å². The van der Waals surface area contributed by atoms with E-state index in [0.717, 1.165) is 42.6 Å². The molecule has 0 aromatic heterocycles. The number of allylic oxidation sites excluding steroid dienone is 3. The van der Waals surface area contributed by atoms with E-state index in [9.17, 15) is 15.0 Å². The van der Waals surface area contributed by atoms with Gasteiger partial charge in [0.1, 0.15) is 5.76 Å². The van der Waals surface area contributed by atoms with Gasteiger partial charge in [-0.25, -0.2) is 0 Å². The normalized spacial score (nSPS) is 22.3. The number of aliphatic hydroxyl groups is 2. The number of carbonyl (C=O) groups excluding carboxylic acids is 1. The van der Waals surface area contributed by atoms with E-state index in [1.807, 2.05) is 42.5 Å². The summed E-state index contributed by atoms with van der Waals surface area (Å²) in [5.74, 6) is 0.987. The first-order valence-corrected chi connectivity index (χ1v) is 13.0. The molecule has 2 aliphatic rings. The highest BCUT2D eigenvalue weighted by atomic mass is 32.2. The van der Waals surface area contributed by atoms with Gasteiger partial charge in [0, 0.05) is 16.7 Å². The van der Waals surface area contributed by atoms with Crippen molar-refractivity contribution >= 4 is 22.5 Å². The molecule has 4 atom stereocenters. The Labute approximate surface area is 202 Å². The number of benzene rings is 1. The van der Waals surface area contributed by atoms with Gasteiger partial charge in [-0.1, -0.05) is 81.4 Å². The molecule has 0 bridgehead atoms. The lowest BCUT2D eigenvalue weighted by Gasteiger charge is -2.28. The number of rotatable bonds is 11. The lowest BCUT2D eigenvalue weighted by molar-refractivity contribution is -0.106. The molecule has 0 saturated carbocycles. The van der Waals surface area contributed by atoms with Gasteiger partial charge in [-0.15, -0.1) is 0 Å². The summed E-state index contributed by atoms with van der Waals surface area (Å²) in [6, 6.07) is 9.81. The quantitative estimate of drug-likeness (QED) is 0.394. The number of fused-ring (bicyclic) bond motifs is 1. The molecular formula is C28H38O4S. The Morgan fingerprint density at radius 2 is 1.70 bits per heavy atom. The SMILES string of the molecule is CC(C)(C)CCCC(O)C(O)CCCCOC1=CC2SC(=O)C(c3ccccc3)=CC2C=C1. The number of ether oxygens (including phenoxy) is 1. The molecule has 33 heavy (non-hydrogen) atoms. The number of unbranched alkanes of at least 4 members (excludes halogenated alkanes) is 1. The van der Waals surface area contributed by atoms with Gasteiger partial charge in [-0.05, 0) is 55.2 Å². The Bertz CT molecular complexity index is 866. The van der Waals surface area contributed by atoms with Crippen molar-refractivity contribution in [3.8, 4) is 0 Å². The number of hydrogen-bond donors (Lipinski definition) is 2. The van der Waals surface area contributed by atoms with Gasteiger partial charge >= 0.3 is 0 Å². The van der Waals surface area contributed by atoms with Crippen LogP contribution < -0.4 is 0 Å². The van der Waals surface area contributed by atoms with Gasteiger partial charge in [0.2, 0.25) is 5.12 Å². The minimum absolute atomic E-state index is 0.0648. The maximum Gasteiger partial charge on any atom is 0.220 e. The predicted molar refractivity (Wildman–Crippen MR) is 137 cm³/mol. The molecular weight excluding hydrogens is 432 g/mol. The predicted octanol–water partition coefficient (Wildman–Crippen LogP) is 5.91. The maximum atomic E-state index is 12.6. The smallest absolute Gasteiger partial charge is 0.220 e. The average molecular weight is 471 g/mol. The molecule has 4 nitrogen and oxygen atoms in total. The number of hydrogen-bond acceptors (Lipinski definition) is 5. The van der Waals surface area contributed by atoms with E-state index in [0.29, 0.717) is 19.4 Å². The molecule has 0 fully saturated rings. The third-order valence-corrected chi connectivity index (χ3v) is 7.29. The molecule has 1 aliphatic heterocycles. The third-order valence-electron chi connectivity index (χ3n) is 6.13. The van der Waals surface area contributed by atoms with Crippen LogP contribution in [0.5, 0.6) is 0 Å². The zero-order valence-electron chi connectivity index (χ0n) is 20.1. The molecule has 4 unspecified atom stereocenters. The van der Waals surface area contributed by atoms with Crippen molar-refractivity contribution < 1.29 is 19.7 Å². The molecule has 2 N–H and O–H groups in total. The minimum Gasteiger partial charge on any atom is -0.494 e. The van der Waals surface area contributed by atoms with E-state index in [1.165, 1.54) is 11.8 Å². The summed E-state index contributed by atoms with van der Waals surface area (Å²) in [4.78, 5) is 12.6. The van der Waals surface area contributed by atoms with Crippen LogP contribution in [0.3, 0.4) is 0 Å². The van der Waals surface area contributed by atoms with Crippen molar-refractivity contribution in [1.29, 1.82) is 0 Å². The molecule has 0 saturated heterocycles. The fourth-order valence-electron chi connectivity index (χ4n) is 4.15. The lowest BCUT2D eigenvalue weighted by Crippen LogP contribution is -2.26. The molecule has 1 aliphatic carbocycles. The van der Waals surface area contributed by atoms with Crippen molar-refractivity contribution in [2.75, 3.05) is 6.61 Å². The summed E-state index contributed by atoms with van der Waals surface area (Å²) in [5.41, 5.74) is 2.01. The number of aliphatic hydroxyl groups excluding tert-OH is 2. The number of thioether (sulfide) groups is 1.